The highest BCUT2D eigenvalue weighted by Gasteiger charge is 2.38. The number of nitrogens with zero attached hydrogens (tertiary/aromatic N) is 1. The Morgan fingerprint density at radius 2 is 1.89 bits per heavy atom. The number of hydrogen-bond acceptors (Lipinski definition) is 3. The van der Waals surface area contributed by atoms with Crippen LogP contribution in [0.2, 0.25) is 0 Å². The molecule has 1 aliphatic heterocycles. The number of benzene rings is 1. The largest absolute Gasteiger partial charge is 0.381 e. The van der Waals surface area contributed by atoms with Crippen molar-refractivity contribution in [3.05, 3.63) is 35.9 Å². The summed E-state index contributed by atoms with van der Waals surface area (Å²) in [6.45, 7) is 6.30. The predicted molar refractivity (Wildman–Crippen MR) is 114 cm³/mol. The fraction of sp³-hybridized carbons (Fsp3) is 0.708. The molecule has 0 aromatic heterocycles. The third kappa shape index (κ3) is 6.31. The Bertz CT molecular complexity index is 571. The van der Waals surface area contributed by atoms with Crippen LogP contribution >= 0.6 is 0 Å². The molecule has 1 heterocycles. The molecule has 28 heavy (non-hydrogen) atoms. The molecule has 0 radical (unpaired) electrons. The van der Waals surface area contributed by atoms with Gasteiger partial charge in [0.25, 0.3) is 0 Å². The second kappa shape index (κ2) is 11.6. The van der Waals surface area contributed by atoms with E-state index in [9.17, 15) is 4.79 Å². The van der Waals surface area contributed by atoms with Crippen LogP contribution in [0.25, 0.3) is 0 Å². The number of likely N-dealkylation sites (tertiary alicyclic amines) is 1. The number of carbonyl (C=O) groups is 1. The van der Waals surface area contributed by atoms with E-state index in [2.05, 4.69) is 17.1 Å². The standard InChI is InChI=1S/C24H38N2O2/c1-2-17-28-18-9-13-21-12-8-14-22(24(21)26-15-6-7-16-26)25-23(27)19-20-10-4-3-5-11-20/h3-5,10-11,21-22,24H,2,6-9,12-19H2,1H3,(H,25,27). The summed E-state index contributed by atoms with van der Waals surface area (Å²) in [7, 11) is 0. The monoisotopic (exact) mass is 386 g/mol. The smallest absolute Gasteiger partial charge is 0.224 e. The van der Waals surface area contributed by atoms with Gasteiger partial charge in [-0.1, -0.05) is 43.7 Å². The zero-order valence-corrected chi connectivity index (χ0v) is 17.6. The summed E-state index contributed by atoms with van der Waals surface area (Å²) in [5.74, 6) is 0.853. The van der Waals surface area contributed by atoms with Crippen molar-refractivity contribution in [2.75, 3.05) is 26.3 Å². The van der Waals surface area contributed by atoms with E-state index in [1.54, 1.807) is 0 Å². The van der Waals surface area contributed by atoms with Crippen molar-refractivity contribution in [1.82, 2.24) is 10.2 Å². The normalized spacial score (nSPS) is 25.7. The highest BCUT2D eigenvalue weighted by atomic mass is 16.5. The molecule has 4 heteroatoms. The number of rotatable bonds is 10. The SMILES string of the molecule is CCCOCCCC1CCCC(NC(=O)Cc2ccccc2)C1N1CCCC1. The van der Waals surface area contributed by atoms with Gasteiger partial charge in [-0.05, 0) is 69.5 Å². The van der Waals surface area contributed by atoms with E-state index in [0.717, 1.165) is 38.0 Å². The Morgan fingerprint density at radius 3 is 2.64 bits per heavy atom. The van der Waals surface area contributed by atoms with Gasteiger partial charge in [-0.2, -0.15) is 0 Å². The first kappa shape index (κ1) is 21.3. The molecule has 1 amide bonds. The average Bonchev–Trinajstić information content (AvgIpc) is 3.23. The summed E-state index contributed by atoms with van der Waals surface area (Å²) >= 11 is 0. The van der Waals surface area contributed by atoms with Gasteiger partial charge in [-0.15, -0.1) is 0 Å². The lowest BCUT2D eigenvalue weighted by Crippen LogP contribution is -2.56. The molecule has 1 saturated heterocycles. The molecule has 1 N–H and O–H groups in total. The van der Waals surface area contributed by atoms with E-state index in [4.69, 9.17) is 4.74 Å². The summed E-state index contributed by atoms with van der Waals surface area (Å²) in [4.78, 5) is 15.4. The molecule has 4 nitrogen and oxygen atoms in total. The minimum Gasteiger partial charge on any atom is -0.381 e. The molecular formula is C24H38N2O2. The van der Waals surface area contributed by atoms with Crippen molar-refractivity contribution in [2.45, 2.75) is 76.8 Å². The number of ether oxygens (including phenoxy) is 1. The summed E-state index contributed by atoms with van der Waals surface area (Å²) in [6, 6.07) is 10.9. The van der Waals surface area contributed by atoms with E-state index in [1.807, 2.05) is 30.3 Å². The van der Waals surface area contributed by atoms with E-state index < -0.39 is 0 Å². The van der Waals surface area contributed by atoms with Crippen LogP contribution in [0.4, 0.5) is 0 Å². The summed E-state index contributed by atoms with van der Waals surface area (Å²) in [5.41, 5.74) is 1.10. The molecule has 3 atom stereocenters. The van der Waals surface area contributed by atoms with Crippen LogP contribution < -0.4 is 5.32 Å². The first-order valence-corrected chi connectivity index (χ1v) is 11.4. The van der Waals surface area contributed by atoms with Crippen molar-refractivity contribution in [1.29, 1.82) is 0 Å². The average molecular weight is 387 g/mol. The quantitative estimate of drug-likeness (QED) is 0.613. The maximum absolute atomic E-state index is 12.7. The minimum atomic E-state index is 0.173. The first-order valence-electron chi connectivity index (χ1n) is 11.4. The fourth-order valence-electron chi connectivity index (χ4n) is 5.07. The van der Waals surface area contributed by atoms with Gasteiger partial charge in [0.15, 0.2) is 0 Å². The Hall–Kier alpha value is -1.39. The van der Waals surface area contributed by atoms with Gasteiger partial charge in [0.2, 0.25) is 5.91 Å². The molecule has 156 valence electrons. The van der Waals surface area contributed by atoms with Crippen molar-refractivity contribution >= 4 is 5.91 Å². The molecule has 1 aromatic carbocycles. The summed E-state index contributed by atoms with van der Waals surface area (Å²) in [6.07, 6.45) is 10.2. The van der Waals surface area contributed by atoms with Crippen LogP contribution in [-0.4, -0.2) is 49.2 Å². The summed E-state index contributed by atoms with van der Waals surface area (Å²) in [5, 5.41) is 3.42. The summed E-state index contributed by atoms with van der Waals surface area (Å²) < 4.78 is 5.71. The van der Waals surface area contributed by atoms with Crippen LogP contribution in [0.15, 0.2) is 30.3 Å². The van der Waals surface area contributed by atoms with Crippen molar-refractivity contribution < 1.29 is 9.53 Å². The van der Waals surface area contributed by atoms with Crippen LogP contribution in [0.3, 0.4) is 0 Å². The molecule has 0 spiro atoms. The van der Waals surface area contributed by atoms with Gasteiger partial charge in [0.05, 0.1) is 6.42 Å². The number of hydrogen-bond donors (Lipinski definition) is 1. The Morgan fingerprint density at radius 1 is 1.11 bits per heavy atom. The van der Waals surface area contributed by atoms with Gasteiger partial charge >= 0.3 is 0 Å². The molecule has 1 saturated carbocycles. The zero-order valence-electron chi connectivity index (χ0n) is 17.6. The lowest BCUT2D eigenvalue weighted by atomic mass is 9.77. The Labute approximate surface area is 171 Å². The van der Waals surface area contributed by atoms with Crippen LogP contribution in [0, 0.1) is 5.92 Å². The van der Waals surface area contributed by atoms with Gasteiger partial charge in [-0.25, -0.2) is 0 Å². The molecular weight excluding hydrogens is 348 g/mol. The third-order valence-electron chi connectivity index (χ3n) is 6.31. The van der Waals surface area contributed by atoms with Crippen LogP contribution in [0.5, 0.6) is 0 Å². The van der Waals surface area contributed by atoms with Crippen LogP contribution in [-0.2, 0) is 16.0 Å². The maximum Gasteiger partial charge on any atom is 0.224 e. The zero-order chi connectivity index (χ0) is 19.6. The highest BCUT2D eigenvalue weighted by molar-refractivity contribution is 5.78. The van der Waals surface area contributed by atoms with Crippen molar-refractivity contribution in [3.8, 4) is 0 Å². The fourth-order valence-corrected chi connectivity index (χ4v) is 5.07. The molecule has 1 aliphatic carbocycles. The molecule has 0 bridgehead atoms. The molecule has 2 aliphatic rings. The van der Waals surface area contributed by atoms with E-state index in [1.165, 1.54) is 45.2 Å². The molecule has 2 fully saturated rings. The topological polar surface area (TPSA) is 41.6 Å². The van der Waals surface area contributed by atoms with Gasteiger partial charge in [0.1, 0.15) is 0 Å². The third-order valence-corrected chi connectivity index (χ3v) is 6.31. The van der Waals surface area contributed by atoms with Crippen LogP contribution in [0.1, 0.15) is 63.9 Å². The van der Waals surface area contributed by atoms with E-state index >= 15 is 0 Å². The number of nitrogens with one attached hydrogen (secondary N) is 1. The number of amides is 1. The second-order valence-corrected chi connectivity index (χ2v) is 8.52. The molecule has 3 unspecified atom stereocenters. The van der Waals surface area contributed by atoms with E-state index in [0.29, 0.717) is 24.4 Å². The molecule has 1 aromatic rings. The lowest BCUT2D eigenvalue weighted by Gasteiger charge is -2.44. The predicted octanol–water partition coefficient (Wildman–Crippen LogP) is 4.19. The minimum absolute atomic E-state index is 0.173. The number of carbonyl (C=O) groups excluding carboxylic acids is 1. The van der Waals surface area contributed by atoms with Crippen molar-refractivity contribution in [2.24, 2.45) is 5.92 Å². The first-order chi connectivity index (χ1) is 13.8. The van der Waals surface area contributed by atoms with E-state index in [-0.39, 0.29) is 5.91 Å². The van der Waals surface area contributed by atoms with Crippen molar-refractivity contribution in [3.63, 3.8) is 0 Å². The van der Waals surface area contributed by atoms with Gasteiger partial charge < -0.3 is 10.1 Å². The van der Waals surface area contributed by atoms with Gasteiger partial charge in [-0.3, -0.25) is 9.69 Å². The maximum atomic E-state index is 12.7. The highest BCUT2D eigenvalue weighted by Crippen LogP contribution is 2.34. The Kier molecular flexibility index (Phi) is 8.81. The van der Waals surface area contributed by atoms with Gasteiger partial charge in [0, 0.05) is 25.3 Å². The lowest BCUT2D eigenvalue weighted by molar-refractivity contribution is -0.122. The Balaban J connectivity index is 1.58. The second-order valence-electron chi connectivity index (χ2n) is 8.52. The molecule has 3 rings (SSSR count).